The van der Waals surface area contributed by atoms with Crippen molar-refractivity contribution in [3.05, 3.63) is 77.9 Å². The van der Waals surface area contributed by atoms with Crippen LogP contribution < -0.4 is 10.9 Å². The smallest absolute Gasteiger partial charge is 0.341 e. The van der Waals surface area contributed by atoms with Gasteiger partial charge in [0.05, 0.1) is 6.61 Å². The number of amides is 1. The topological polar surface area (TPSA) is 83.2 Å². The third-order valence-corrected chi connectivity index (χ3v) is 3.73. The second-order valence-corrected chi connectivity index (χ2v) is 5.50. The fraction of sp³-hybridized carbons (Fsp3) is 0.100. The fourth-order valence-corrected chi connectivity index (χ4v) is 2.48. The SMILES string of the molecule is CCOC(=O)c1cc(-c2ccccc2)[nH]c1NNC(=O)c1ccccc1. The number of ether oxygens (including phenoxy) is 1. The molecule has 1 heterocycles. The van der Waals surface area contributed by atoms with Crippen molar-refractivity contribution in [1.29, 1.82) is 0 Å². The van der Waals surface area contributed by atoms with Crippen LogP contribution in [-0.2, 0) is 4.74 Å². The summed E-state index contributed by atoms with van der Waals surface area (Å²) in [6.45, 7) is 2.01. The molecule has 1 amide bonds. The van der Waals surface area contributed by atoms with E-state index < -0.39 is 5.97 Å². The van der Waals surface area contributed by atoms with Crippen molar-refractivity contribution in [1.82, 2.24) is 10.4 Å². The van der Waals surface area contributed by atoms with E-state index in [1.165, 1.54) is 0 Å². The number of aromatic amines is 1. The second-order valence-electron chi connectivity index (χ2n) is 5.50. The first-order chi connectivity index (χ1) is 12.7. The molecule has 0 saturated heterocycles. The summed E-state index contributed by atoms with van der Waals surface area (Å²) in [4.78, 5) is 27.5. The van der Waals surface area contributed by atoms with Gasteiger partial charge in [-0.3, -0.25) is 15.6 Å². The second kappa shape index (κ2) is 8.02. The van der Waals surface area contributed by atoms with Gasteiger partial charge in [-0.1, -0.05) is 48.5 Å². The van der Waals surface area contributed by atoms with Crippen molar-refractivity contribution in [3.63, 3.8) is 0 Å². The largest absolute Gasteiger partial charge is 0.462 e. The number of hydrogen-bond acceptors (Lipinski definition) is 4. The molecule has 0 spiro atoms. The predicted octanol–water partition coefficient (Wildman–Crippen LogP) is 3.62. The van der Waals surface area contributed by atoms with Crippen LogP contribution in [0.15, 0.2) is 66.7 Å². The highest BCUT2D eigenvalue weighted by Gasteiger charge is 2.18. The average molecular weight is 349 g/mol. The molecule has 26 heavy (non-hydrogen) atoms. The van der Waals surface area contributed by atoms with Crippen LogP contribution >= 0.6 is 0 Å². The summed E-state index contributed by atoms with van der Waals surface area (Å²) in [6, 6.07) is 20.1. The van der Waals surface area contributed by atoms with Gasteiger partial charge < -0.3 is 9.72 Å². The van der Waals surface area contributed by atoms with Crippen LogP contribution in [0.25, 0.3) is 11.3 Å². The van der Waals surface area contributed by atoms with E-state index in [1.807, 2.05) is 36.4 Å². The minimum atomic E-state index is -0.470. The number of H-pyrrole nitrogens is 1. The Morgan fingerprint density at radius 2 is 1.65 bits per heavy atom. The summed E-state index contributed by atoms with van der Waals surface area (Å²) in [6.07, 6.45) is 0. The van der Waals surface area contributed by atoms with E-state index in [0.717, 1.165) is 11.3 Å². The molecule has 0 atom stereocenters. The molecule has 1 aromatic heterocycles. The first-order valence-corrected chi connectivity index (χ1v) is 8.26. The summed E-state index contributed by atoms with van der Waals surface area (Å²) < 4.78 is 5.10. The van der Waals surface area contributed by atoms with Gasteiger partial charge in [0.15, 0.2) is 0 Å². The van der Waals surface area contributed by atoms with Gasteiger partial charge in [-0.05, 0) is 30.7 Å². The number of nitrogens with one attached hydrogen (secondary N) is 3. The Balaban J connectivity index is 1.83. The van der Waals surface area contributed by atoms with Crippen LogP contribution in [-0.4, -0.2) is 23.5 Å². The monoisotopic (exact) mass is 349 g/mol. The first-order valence-electron chi connectivity index (χ1n) is 8.26. The molecular formula is C20H19N3O3. The molecule has 0 aliphatic rings. The van der Waals surface area contributed by atoms with Crippen molar-refractivity contribution in [2.24, 2.45) is 0 Å². The minimum Gasteiger partial charge on any atom is -0.462 e. The molecule has 3 rings (SSSR count). The van der Waals surface area contributed by atoms with Gasteiger partial charge in [-0.15, -0.1) is 0 Å². The molecule has 0 bridgehead atoms. The number of aromatic nitrogens is 1. The van der Waals surface area contributed by atoms with Gasteiger partial charge in [-0.25, -0.2) is 4.79 Å². The highest BCUT2D eigenvalue weighted by Crippen LogP contribution is 2.25. The highest BCUT2D eigenvalue weighted by molar-refractivity contribution is 5.98. The summed E-state index contributed by atoms with van der Waals surface area (Å²) in [5.74, 6) is -0.412. The van der Waals surface area contributed by atoms with Crippen LogP contribution in [0, 0.1) is 0 Å². The van der Waals surface area contributed by atoms with E-state index in [4.69, 9.17) is 4.74 Å². The van der Waals surface area contributed by atoms with E-state index in [2.05, 4.69) is 15.8 Å². The van der Waals surface area contributed by atoms with Gasteiger partial charge in [0.25, 0.3) is 5.91 Å². The maximum atomic E-state index is 12.2. The van der Waals surface area contributed by atoms with E-state index in [9.17, 15) is 9.59 Å². The van der Waals surface area contributed by atoms with Crippen molar-refractivity contribution in [2.75, 3.05) is 12.0 Å². The van der Waals surface area contributed by atoms with E-state index >= 15 is 0 Å². The molecule has 3 N–H and O–H groups in total. The lowest BCUT2D eigenvalue weighted by Crippen LogP contribution is -2.30. The fourth-order valence-electron chi connectivity index (χ4n) is 2.48. The molecule has 0 radical (unpaired) electrons. The van der Waals surface area contributed by atoms with Crippen molar-refractivity contribution < 1.29 is 14.3 Å². The molecule has 3 aromatic rings. The van der Waals surface area contributed by atoms with Crippen LogP contribution in [0.1, 0.15) is 27.6 Å². The maximum Gasteiger partial charge on any atom is 0.341 e. The van der Waals surface area contributed by atoms with Crippen molar-refractivity contribution in [2.45, 2.75) is 6.92 Å². The Kier molecular flexibility index (Phi) is 5.34. The number of carbonyl (C=O) groups excluding carboxylic acids is 2. The quantitative estimate of drug-likeness (QED) is 0.469. The molecule has 2 aromatic carbocycles. The maximum absolute atomic E-state index is 12.2. The molecule has 132 valence electrons. The normalized spacial score (nSPS) is 10.2. The zero-order valence-corrected chi connectivity index (χ0v) is 14.3. The third kappa shape index (κ3) is 3.92. The Bertz CT molecular complexity index is 889. The lowest BCUT2D eigenvalue weighted by atomic mass is 10.1. The first kappa shape index (κ1) is 17.3. The van der Waals surface area contributed by atoms with Crippen molar-refractivity contribution in [3.8, 4) is 11.3 Å². The van der Waals surface area contributed by atoms with Crippen LogP contribution in [0.3, 0.4) is 0 Å². The minimum absolute atomic E-state index is 0.264. The zero-order valence-electron chi connectivity index (χ0n) is 14.3. The predicted molar refractivity (Wildman–Crippen MR) is 99.7 cm³/mol. The summed E-state index contributed by atoms with van der Waals surface area (Å²) in [5.41, 5.74) is 7.86. The van der Waals surface area contributed by atoms with Crippen LogP contribution in [0.4, 0.5) is 5.82 Å². The lowest BCUT2D eigenvalue weighted by molar-refractivity contribution is 0.0527. The summed E-state index contributed by atoms with van der Waals surface area (Å²) >= 11 is 0. The molecule has 0 aliphatic carbocycles. The number of anilines is 1. The third-order valence-electron chi connectivity index (χ3n) is 3.73. The van der Waals surface area contributed by atoms with E-state index in [1.54, 1.807) is 37.3 Å². The van der Waals surface area contributed by atoms with Gasteiger partial charge in [-0.2, -0.15) is 0 Å². The van der Waals surface area contributed by atoms with E-state index in [0.29, 0.717) is 16.9 Å². The molecule has 0 fully saturated rings. The van der Waals surface area contributed by atoms with Crippen LogP contribution in [0.5, 0.6) is 0 Å². The van der Waals surface area contributed by atoms with Gasteiger partial charge in [0, 0.05) is 11.3 Å². The lowest BCUT2D eigenvalue weighted by Gasteiger charge is -2.09. The number of hydrazine groups is 1. The molecule has 0 unspecified atom stereocenters. The number of hydrogen-bond donors (Lipinski definition) is 3. The average Bonchev–Trinajstić information content (AvgIpc) is 3.12. The van der Waals surface area contributed by atoms with Gasteiger partial charge >= 0.3 is 5.97 Å². The van der Waals surface area contributed by atoms with Crippen molar-refractivity contribution >= 4 is 17.7 Å². The Morgan fingerprint density at radius 3 is 2.31 bits per heavy atom. The van der Waals surface area contributed by atoms with Gasteiger partial charge in [0.2, 0.25) is 0 Å². The number of esters is 1. The number of rotatable bonds is 6. The summed E-state index contributed by atoms with van der Waals surface area (Å²) in [7, 11) is 0. The molecular weight excluding hydrogens is 330 g/mol. The van der Waals surface area contributed by atoms with E-state index in [-0.39, 0.29) is 12.5 Å². The molecule has 0 saturated carbocycles. The standard InChI is InChI=1S/C20H19N3O3/c1-2-26-20(25)16-13-17(14-9-5-3-6-10-14)21-18(16)22-23-19(24)15-11-7-4-8-12-15/h3-13,21-22H,2H2,1H3,(H,23,24). The zero-order chi connectivity index (χ0) is 18.4. The molecule has 0 aliphatic heterocycles. The Hall–Kier alpha value is -3.54. The summed E-state index contributed by atoms with van der Waals surface area (Å²) in [5, 5.41) is 0. The molecule has 6 heteroatoms. The van der Waals surface area contributed by atoms with Gasteiger partial charge in [0.1, 0.15) is 11.4 Å². The van der Waals surface area contributed by atoms with Crippen LogP contribution in [0.2, 0.25) is 0 Å². The Morgan fingerprint density at radius 1 is 1.00 bits per heavy atom. The molecule has 6 nitrogen and oxygen atoms in total. The Labute approximate surface area is 151 Å². The number of carbonyl (C=O) groups is 2. The highest BCUT2D eigenvalue weighted by atomic mass is 16.5. The number of benzene rings is 2.